The first-order valence-corrected chi connectivity index (χ1v) is 8.69. The second kappa shape index (κ2) is 8.25. The van der Waals surface area contributed by atoms with Gasteiger partial charge in [-0.25, -0.2) is 0 Å². The molecule has 4 N–H and O–H groups in total. The van der Waals surface area contributed by atoms with Gasteiger partial charge in [0, 0.05) is 26.2 Å². The lowest BCUT2D eigenvalue weighted by Crippen LogP contribution is -2.44. The topological polar surface area (TPSA) is 78.6 Å². The highest BCUT2D eigenvalue weighted by atomic mass is 16.3. The van der Waals surface area contributed by atoms with E-state index in [2.05, 4.69) is 28.4 Å². The van der Waals surface area contributed by atoms with Crippen LogP contribution in [0.25, 0.3) is 0 Å². The molecule has 0 aliphatic carbocycles. The fourth-order valence-electron chi connectivity index (χ4n) is 3.21. The predicted molar refractivity (Wildman–Crippen MR) is 97.8 cm³/mol. The lowest BCUT2D eigenvalue weighted by Gasteiger charge is -2.30. The van der Waals surface area contributed by atoms with Gasteiger partial charge in [-0.2, -0.15) is 0 Å². The van der Waals surface area contributed by atoms with E-state index < -0.39 is 12.1 Å². The maximum atomic E-state index is 12.1. The fraction of sp³-hybridized carbons (Fsp3) is 0.350. The number of hydrogen-bond acceptors (Lipinski definition) is 4. The van der Waals surface area contributed by atoms with E-state index in [1.165, 1.54) is 11.1 Å². The first kappa shape index (κ1) is 17.6. The predicted octanol–water partition coefficient (Wildman–Crippen LogP) is 1.22. The van der Waals surface area contributed by atoms with Gasteiger partial charge in [-0.1, -0.05) is 54.6 Å². The van der Waals surface area contributed by atoms with Crippen molar-refractivity contribution in [1.82, 2.24) is 10.2 Å². The third-order valence-corrected chi connectivity index (χ3v) is 4.63. The molecule has 2 aromatic carbocycles. The minimum absolute atomic E-state index is 0.206. The molecule has 0 saturated heterocycles. The second-order valence-electron chi connectivity index (χ2n) is 6.54. The molecule has 5 heteroatoms. The van der Waals surface area contributed by atoms with Crippen molar-refractivity contribution in [2.24, 2.45) is 5.73 Å². The fourth-order valence-corrected chi connectivity index (χ4v) is 3.21. The van der Waals surface area contributed by atoms with E-state index in [4.69, 9.17) is 5.73 Å². The molecule has 5 nitrogen and oxygen atoms in total. The molecule has 0 bridgehead atoms. The Bertz CT molecular complexity index is 705. The molecule has 25 heavy (non-hydrogen) atoms. The van der Waals surface area contributed by atoms with E-state index in [0.717, 1.165) is 25.1 Å². The van der Waals surface area contributed by atoms with Gasteiger partial charge in [0.25, 0.3) is 0 Å². The van der Waals surface area contributed by atoms with Gasteiger partial charge in [-0.05, 0) is 23.1 Å². The molecule has 0 fully saturated rings. The number of aliphatic hydroxyl groups excluding tert-OH is 1. The van der Waals surface area contributed by atoms with Crippen LogP contribution >= 0.6 is 0 Å². The summed E-state index contributed by atoms with van der Waals surface area (Å²) < 4.78 is 0. The third kappa shape index (κ3) is 4.66. The number of β-amino-alcohol motifs (C(OH)–C–C–N with tert-alkyl or cyclic N) is 1. The number of amides is 1. The zero-order valence-electron chi connectivity index (χ0n) is 14.3. The van der Waals surface area contributed by atoms with Gasteiger partial charge in [-0.3, -0.25) is 9.69 Å². The van der Waals surface area contributed by atoms with Gasteiger partial charge >= 0.3 is 0 Å². The molecule has 1 aliphatic heterocycles. The van der Waals surface area contributed by atoms with Crippen LogP contribution < -0.4 is 11.1 Å². The number of fused-ring (bicyclic) bond motifs is 1. The number of hydrogen-bond donors (Lipinski definition) is 3. The van der Waals surface area contributed by atoms with Gasteiger partial charge in [-0.15, -0.1) is 0 Å². The summed E-state index contributed by atoms with van der Waals surface area (Å²) in [5, 5.41) is 13.0. The van der Waals surface area contributed by atoms with Crippen LogP contribution in [0.4, 0.5) is 0 Å². The number of nitrogens with two attached hydrogens (primary N) is 1. The molecule has 1 aliphatic rings. The smallest absolute Gasteiger partial charge is 0.241 e. The lowest BCUT2D eigenvalue weighted by molar-refractivity contribution is -0.123. The minimum atomic E-state index is -0.713. The van der Waals surface area contributed by atoms with Crippen molar-refractivity contribution in [2.45, 2.75) is 25.1 Å². The normalized spacial score (nSPS) is 16.7. The van der Waals surface area contributed by atoms with Crippen LogP contribution in [-0.4, -0.2) is 41.7 Å². The summed E-state index contributed by atoms with van der Waals surface area (Å²) >= 11 is 0. The van der Waals surface area contributed by atoms with Crippen LogP contribution in [0, 0.1) is 0 Å². The van der Waals surface area contributed by atoms with Crippen LogP contribution in [0.3, 0.4) is 0 Å². The van der Waals surface area contributed by atoms with Crippen molar-refractivity contribution in [3.8, 4) is 0 Å². The first-order valence-electron chi connectivity index (χ1n) is 8.69. The standard InChI is InChI=1S/C20H25N3O2/c21-19(16-7-2-1-3-8-16)20(25)22-12-18(24)14-23-11-10-15-6-4-5-9-17(15)13-23/h1-9,18-19,24H,10-14,21H2,(H,22,25)/t18-,19+/m0/s1. The molecule has 3 rings (SSSR count). The molecule has 1 heterocycles. The summed E-state index contributed by atoms with van der Waals surface area (Å²) in [6.45, 7) is 2.50. The number of rotatable bonds is 6. The first-order chi connectivity index (χ1) is 12.1. The third-order valence-electron chi connectivity index (χ3n) is 4.63. The molecule has 1 amide bonds. The van der Waals surface area contributed by atoms with E-state index in [1.807, 2.05) is 36.4 Å². The molecule has 0 saturated carbocycles. The van der Waals surface area contributed by atoms with Gasteiger partial charge in [0.1, 0.15) is 6.04 Å². The maximum absolute atomic E-state index is 12.1. The van der Waals surface area contributed by atoms with Crippen molar-refractivity contribution in [1.29, 1.82) is 0 Å². The van der Waals surface area contributed by atoms with Gasteiger partial charge in [0.05, 0.1) is 6.10 Å². The van der Waals surface area contributed by atoms with Crippen LogP contribution in [0.5, 0.6) is 0 Å². The number of nitrogens with zero attached hydrogens (tertiary/aromatic N) is 1. The minimum Gasteiger partial charge on any atom is -0.390 e. The van der Waals surface area contributed by atoms with Crippen LogP contribution in [0.2, 0.25) is 0 Å². The van der Waals surface area contributed by atoms with Gasteiger partial charge in [0.15, 0.2) is 0 Å². The lowest BCUT2D eigenvalue weighted by atomic mass is 10.00. The largest absolute Gasteiger partial charge is 0.390 e. The molecule has 0 aromatic heterocycles. The van der Waals surface area contributed by atoms with E-state index >= 15 is 0 Å². The zero-order chi connectivity index (χ0) is 17.6. The Morgan fingerprint density at radius 2 is 1.80 bits per heavy atom. The Balaban J connectivity index is 1.45. The Morgan fingerprint density at radius 1 is 1.12 bits per heavy atom. The number of benzene rings is 2. The summed E-state index contributed by atoms with van der Waals surface area (Å²) in [6.07, 6.45) is 0.380. The van der Waals surface area contributed by atoms with E-state index in [9.17, 15) is 9.90 Å². The van der Waals surface area contributed by atoms with Crippen LogP contribution in [-0.2, 0) is 17.8 Å². The Labute approximate surface area is 148 Å². The number of carbonyl (C=O) groups excluding carboxylic acids is 1. The summed E-state index contributed by atoms with van der Waals surface area (Å²) in [4.78, 5) is 14.4. The number of carbonyl (C=O) groups is 1. The molecule has 2 atom stereocenters. The highest BCUT2D eigenvalue weighted by Crippen LogP contribution is 2.18. The molecule has 2 aromatic rings. The Morgan fingerprint density at radius 3 is 2.56 bits per heavy atom. The summed E-state index contributed by atoms with van der Waals surface area (Å²) in [5.74, 6) is -0.269. The van der Waals surface area contributed by atoms with Crippen molar-refractivity contribution in [3.63, 3.8) is 0 Å². The summed E-state index contributed by atoms with van der Waals surface area (Å²) in [7, 11) is 0. The Hall–Kier alpha value is -2.21. The summed E-state index contributed by atoms with van der Waals surface area (Å²) in [5.41, 5.74) is 9.42. The Kier molecular flexibility index (Phi) is 5.81. The van der Waals surface area contributed by atoms with Crippen molar-refractivity contribution in [3.05, 3.63) is 71.3 Å². The molecule has 0 unspecified atom stereocenters. The number of nitrogens with one attached hydrogen (secondary N) is 1. The average Bonchev–Trinajstić information content (AvgIpc) is 2.66. The zero-order valence-corrected chi connectivity index (χ0v) is 14.3. The average molecular weight is 339 g/mol. The van der Waals surface area contributed by atoms with Crippen LogP contribution in [0.15, 0.2) is 54.6 Å². The summed E-state index contributed by atoms with van der Waals surface area (Å²) in [6, 6.07) is 16.9. The van der Waals surface area contributed by atoms with Gasteiger partial charge < -0.3 is 16.2 Å². The monoisotopic (exact) mass is 339 g/mol. The van der Waals surface area contributed by atoms with Gasteiger partial charge in [0.2, 0.25) is 5.91 Å². The highest BCUT2D eigenvalue weighted by molar-refractivity contribution is 5.82. The quantitative estimate of drug-likeness (QED) is 0.739. The van der Waals surface area contributed by atoms with E-state index in [0.29, 0.717) is 6.54 Å². The molecule has 0 radical (unpaired) electrons. The molecule has 132 valence electrons. The molecular weight excluding hydrogens is 314 g/mol. The van der Waals surface area contributed by atoms with E-state index in [-0.39, 0.29) is 12.5 Å². The molecular formula is C20H25N3O2. The molecule has 0 spiro atoms. The maximum Gasteiger partial charge on any atom is 0.241 e. The van der Waals surface area contributed by atoms with Crippen LogP contribution in [0.1, 0.15) is 22.7 Å². The van der Waals surface area contributed by atoms with Crippen molar-refractivity contribution >= 4 is 5.91 Å². The number of aliphatic hydroxyl groups is 1. The second-order valence-corrected chi connectivity index (χ2v) is 6.54. The highest BCUT2D eigenvalue weighted by Gasteiger charge is 2.20. The van der Waals surface area contributed by atoms with Crippen molar-refractivity contribution in [2.75, 3.05) is 19.6 Å². The SMILES string of the molecule is N[C@@H](C(=O)NC[C@H](O)CN1CCc2ccccc2C1)c1ccccc1. The van der Waals surface area contributed by atoms with E-state index in [1.54, 1.807) is 0 Å². The van der Waals surface area contributed by atoms with Crippen molar-refractivity contribution < 1.29 is 9.90 Å².